The Labute approximate surface area is 246 Å². The Morgan fingerprint density at radius 1 is 0.500 bits per heavy atom. The molecular formula is C28H32F12N4. The first-order chi connectivity index (χ1) is 20.1. The smallest absolute Gasteiger partial charge is 0.328 e. The Kier molecular flexibility index (Phi) is 11.3. The second-order valence-corrected chi connectivity index (χ2v) is 11.0. The Morgan fingerprint density at radius 2 is 0.795 bits per heavy atom. The minimum absolute atomic E-state index is 0.0281. The zero-order valence-electron chi connectivity index (χ0n) is 23.3. The third-order valence-corrected chi connectivity index (χ3v) is 7.54. The fraction of sp³-hybridized carbons (Fsp3) is 0.571. The van der Waals surface area contributed by atoms with E-state index in [-0.39, 0.29) is 48.4 Å². The van der Waals surface area contributed by atoms with Crippen molar-refractivity contribution in [2.45, 2.75) is 75.6 Å². The normalized spacial score (nSPS) is 18.7. The fourth-order valence-electron chi connectivity index (χ4n) is 5.01. The van der Waals surface area contributed by atoms with Gasteiger partial charge in [-0.15, -0.1) is 0 Å². The Bertz CT molecular complexity index is 1130. The summed E-state index contributed by atoms with van der Waals surface area (Å²) >= 11 is 0. The van der Waals surface area contributed by atoms with Gasteiger partial charge in [0, 0.05) is 25.2 Å². The van der Waals surface area contributed by atoms with Crippen molar-refractivity contribution >= 4 is 0 Å². The number of nitrogens with two attached hydrogens (primary N) is 2. The number of hydrogen-bond acceptors (Lipinski definition) is 4. The van der Waals surface area contributed by atoms with E-state index >= 15 is 0 Å². The molecule has 4 rings (SSSR count). The summed E-state index contributed by atoms with van der Waals surface area (Å²) in [5.41, 5.74) is 6.14. The molecule has 2 saturated heterocycles. The molecule has 2 aliphatic rings. The molecule has 4 N–H and O–H groups in total. The number of piperidine rings is 2. The minimum atomic E-state index is -4.82. The standard InChI is InChI=1S/2C14H16F6N2/c2*15-13(16,17)10-2-1-9(12(7-10)14(18,19)20)8-22-5-3-11(21)4-6-22/h2*1-2,7,11H,3-6,8,21H2. The molecule has 0 atom stereocenters. The van der Waals surface area contributed by atoms with Crippen molar-refractivity contribution in [1.29, 1.82) is 0 Å². The lowest BCUT2D eigenvalue weighted by Gasteiger charge is -2.31. The maximum Gasteiger partial charge on any atom is 0.416 e. The average molecular weight is 653 g/mol. The molecule has 0 bridgehead atoms. The van der Waals surface area contributed by atoms with Crippen LogP contribution in [0, 0.1) is 0 Å². The van der Waals surface area contributed by atoms with Gasteiger partial charge in [-0.05, 0) is 87.3 Å². The largest absolute Gasteiger partial charge is 0.416 e. The SMILES string of the molecule is NC1CCN(Cc2ccc(C(F)(F)F)cc2C(F)(F)F)CC1.NC1CCN(Cc2ccc(C(F)(F)F)cc2C(F)(F)F)CC1. The predicted octanol–water partition coefficient (Wildman–Crippen LogP) is 7.29. The van der Waals surface area contributed by atoms with Gasteiger partial charge in [-0.2, -0.15) is 52.7 Å². The zero-order chi connectivity index (χ0) is 33.1. The van der Waals surface area contributed by atoms with E-state index in [1.807, 2.05) is 0 Å². The van der Waals surface area contributed by atoms with E-state index in [4.69, 9.17) is 11.5 Å². The molecule has 0 aromatic heterocycles. The Balaban J connectivity index is 0.000000240. The molecule has 0 spiro atoms. The highest BCUT2D eigenvalue weighted by Crippen LogP contribution is 2.39. The summed E-state index contributed by atoms with van der Waals surface area (Å²) < 4.78 is 154. The topological polar surface area (TPSA) is 58.5 Å². The number of nitrogens with zero attached hydrogens (tertiary/aromatic N) is 2. The van der Waals surface area contributed by atoms with Crippen molar-refractivity contribution in [3.05, 3.63) is 69.8 Å². The van der Waals surface area contributed by atoms with Gasteiger partial charge in [-0.25, -0.2) is 0 Å². The second kappa shape index (κ2) is 13.8. The van der Waals surface area contributed by atoms with Gasteiger partial charge in [0.1, 0.15) is 0 Å². The van der Waals surface area contributed by atoms with Crippen LogP contribution < -0.4 is 11.5 Å². The van der Waals surface area contributed by atoms with Crippen molar-refractivity contribution in [1.82, 2.24) is 9.80 Å². The highest BCUT2D eigenvalue weighted by molar-refractivity contribution is 5.36. The van der Waals surface area contributed by atoms with Crippen LogP contribution in [-0.2, 0) is 37.8 Å². The van der Waals surface area contributed by atoms with Gasteiger partial charge in [-0.1, -0.05) is 12.1 Å². The first kappa shape index (κ1) is 35.9. The van der Waals surface area contributed by atoms with Crippen molar-refractivity contribution < 1.29 is 52.7 Å². The van der Waals surface area contributed by atoms with Crippen molar-refractivity contribution in [3.63, 3.8) is 0 Å². The van der Waals surface area contributed by atoms with Crippen LogP contribution in [0.5, 0.6) is 0 Å². The molecule has 0 radical (unpaired) electrons. The van der Waals surface area contributed by atoms with Crippen LogP contribution in [0.2, 0.25) is 0 Å². The maximum absolute atomic E-state index is 13.0. The molecule has 0 unspecified atom stereocenters. The van der Waals surface area contributed by atoms with Gasteiger partial charge < -0.3 is 11.5 Å². The summed E-state index contributed by atoms with van der Waals surface area (Å²) in [4.78, 5) is 3.56. The van der Waals surface area contributed by atoms with Crippen LogP contribution in [0.4, 0.5) is 52.7 Å². The van der Waals surface area contributed by atoms with Crippen LogP contribution in [0.15, 0.2) is 36.4 Å². The Morgan fingerprint density at radius 3 is 1.05 bits per heavy atom. The monoisotopic (exact) mass is 652 g/mol. The summed E-state index contributed by atoms with van der Waals surface area (Å²) in [5.74, 6) is 0. The summed E-state index contributed by atoms with van der Waals surface area (Å²) in [5, 5.41) is 0. The Hall–Kier alpha value is -2.56. The molecule has 4 nitrogen and oxygen atoms in total. The summed E-state index contributed by atoms with van der Waals surface area (Å²) in [6.07, 6.45) is -16.5. The number of hydrogen-bond donors (Lipinski definition) is 2. The maximum atomic E-state index is 13.0. The molecule has 0 amide bonds. The van der Waals surface area contributed by atoms with E-state index in [1.165, 1.54) is 0 Å². The molecule has 2 heterocycles. The third kappa shape index (κ3) is 10.2. The lowest BCUT2D eigenvalue weighted by molar-refractivity contribution is -0.145. The van der Waals surface area contributed by atoms with Gasteiger partial charge >= 0.3 is 24.7 Å². The van der Waals surface area contributed by atoms with Gasteiger partial charge in [0.2, 0.25) is 0 Å². The number of benzene rings is 2. The molecule has 248 valence electrons. The average Bonchev–Trinajstić information content (AvgIpc) is 2.89. The molecule has 16 heteroatoms. The van der Waals surface area contributed by atoms with Crippen LogP contribution >= 0.6 is 0 Å². The van der Waals surface area contributed by atoms with Crippen LogP contribution in [0.1, 0.15) is 59.1 Å². The van der Waals surface area contributed by atoms with Gasteiger partial charge in [0.05, 0.1) is 22.3 Å². The fourth-order valence-corrected chi connectivity index (χ4v) is 5.01. The van der Waals surface area contributed by atoms with Crippen LogP contribution in [-0.4, -0.2) is 48.1 Å². The van der Waals surface area contributed by atoms with Gasteiger partial charge in [0.15, 0.2) is 0 Å². The highest BCUT2D eigenvalue weighted by atomic mass is 19.4. The van der Waals surface area contributed by atoms with E-state index in [0.717, 1.165) is 12.1 Å². The molecule has 44 heavy (non-hydrogen) atoms. The molecule has 0 saturated carbocycles. The lowest BCUT2D eigenvalue weighted by atomic mass is 10.0. The van der Waals surface area contributed by atoms with Gasteiger partial charge in [-0.3, -0.25) is 9.80 Å². The van der Waals surface area contributed by atoms with Crippen LogP contribution in [0.25, 0.3) is 0 Å². The summed E-state index contributed by atoms with van der Waals surface area (Å²) in [7, 11) is 0. The zero-order valence-corrected chi connectivity index (χ0v) is 23.3. The minimum Gasteiger partial charge on any atom is -0.328 e. The first-order valence-electron chi connectivity index (χ1n) is 13.6. The molecule has 0 aliphatic carbocycles. The van der Waals surface area contributed by atoms with Crippen LogP contribution in [0.3, 0.4) is 0 Å². The molecule has 2 aliphatic heterocycles. The lowest BCUT2D eigenvalue weighted by Crippen LogP contribution is -2.39. The quantitative estimate of drug-likeness (QED) is 0.341. The van der Waals surface area contributed by atoms with Gasteiger partial charge in [0.25, 0.3) is 0 Å². The van der Waals surface area contributed by atoms with E-state index < -0.39 is 47.0 Å². The first-order valence-corrected chi connectivity index (χ1v) is 13.6. The molecule has 2 fully saturated rings. The highest BCUT2D eigenvalue weighted by Gasteiger charge is 2.39. The number of alkyl halides is 12. The second-order valence-electron chi connectivity index (χ2n) is 11.0. The number of rotatable bonds is 4. The molecular weight excluding hydrogens is 620 g/mol. The predicted molar refractivity (Wildman–Crippen MR) is 138 cm³/mol. The number of likely N-dealkylation sites (tertiary alicyclic amines) is 2. The summed E-state index contributed by atoms with van der Waals surface area (Å²) in [6, 6.07) is 3.66. The van der Waals surface area contributed by atoms with E-state index in [1.54, 1.807) is 9.80 Å². The van der Waals surface area contributed by atoms with E-state index in [2.05, 4.69) is 0 Å². The third-order valence-electron chi connectivity index (χ3n) is 7.54. The van der Waals surface area contributed by atoms with Crippen molar-refractivity contribution in [2.75, 3.05) is 26.2 Å². The van der Waals surface area contributed by atoms with Crippen molar-refractivity contribution in [3.8, 4) is 0 Å². The number of halogens is 12. The van der Waals surface area contributed by atoms with Crippen molar-refractivity contribution in [2.24, 2.45) is 11.5 Å². The molecule has 2 aromatic carbocycles. The molecule has 2 aromatic rings. The van der Waals surface area contributed by atoms with E-state index in [9.17, 15) is 52.7 Å². The van der Waals surface area contributed by atoms with E-state index in [0.29, 0.717) is 64.0 Å². The summed E-state index contributed by atoms with van der Waals surface area (Å²) in [6.45, 7) is 2.11.